The zero-order valence-electron chi connectivity index (χ0n) is 11.4. The summed E-state index contributed by atoms with van der Waals surface area (Å²) >= 11 is 0. The zero-order chi connectivity index (χ0) is 13.8. The lowest BCUT2D eigenvalue weighted by Gasteiger charge is -2.25. The average Bonchev–Trinajstić information content (AvgIpc) is 2.71. The lowest BCUT2D eigenvalue weighted by molar-refractivity contribution is -0.126. The number of carbonyl (C=O) groups excluding carboxylic acids is 2. The average molecular weight is 254 g/mol. The predicted octanol–water partition coefficient (Wildman–Crippen LogP) is 1.69. The first-order chi connectivity index (χ1) is 8.33. The van der Waals surface area contributed by atoms with Crippen LogP contribution in [0.1, 0.15) is 33.6 Å². The van der Waals surface area contributed by atoms with Crippen molar-refractivity contribution in [1.29, 1.82) is 0 Å². The number of hydrogen-bond acceptors (Lipinski definition) is 3. The molecule has 0 unspecified atom stereocenters. The number of rotatable bonds is 3. The minimum absolute atomic E-state index is 0.0445. The quantitative estimate of drug-likeness (QED) is 0.780. The van der Waals surface area contributed by atoms with E-state index in [2.05, 4.69) is 11.9 Å². The van der Waals surface area contributed by atoms with E-state index in [0.29, 0.717) is 6.54 Å². The molecule has 1 aliphatic heterocycles. The van der Waals surface area contributed by atoms with Crippen molar-refractivity contribution in [3.8, 4) is 0 Å². The molecule has 1 fully saturated rings. The van der Waals surface area contributed by atoms with Crippen LogP contribution in [-0.4, -0.2) is 41.6 Å². The molecule has 0 aromatic rings. The minimum Gasteiger partial charge on any atom is -0.444 e. The van der Waals surface area contributed by atoms with Crippen molar-refractivity contribution in [2.45, 2.75) is 45.3 Å². The predicted molar refractivity (Wildman–Crippen MR) is 69.2 cm³/mol. The first-order valence-corrected chi connectivity index (χ1v) is 6.23. The van der Waals surface area contributed by atoms with Crippen LogP contribution in [0.4, 0.5) is 4.79 Å². The van der Waals surface area contributed by atoms with E-state index in [1.807, 2.05) is 20.8 Å². The highest BCUT2D eigenvalue weighted by atomic mass is 16.6. The van der Waals surface area contributed by atoms with E-state index >= 15 is 0 Å². The molecule has 1 saturated heterocycles. The molecule has 18 heavy (non-hydrogen) atoms. The van der Waals surface area contributed by atoms with Crippen LogP contribution in [0.25, 0.3) is 0 Å². The first-order valence-electron chi connectivity index (χ1n) is 6.23. The van der Waals surface area contributed by atoms with Gasteiger partial charge in [-0.25, -0.2) is 4.79 Å². The highest BCUT2D eigenvalue weighted by Crippen LogP contribution is 2.17. The van der Waals surface area contributed by atoms with Crippen LogP contribution < -0.4 is 5.32 Å². The molecular weight excluding hydrogens is 232 g/mol. The summed E-state index contributed by atoms with van der Waals surface area (Å²) in [5.74, 6) is -0.0801. The Labute approximate surface area is 108 Å². The van der Waals surface area contributed by atoms with E-state index in [4.69, 9.17) is 4.74 Å². The molecule has 2 amide bonds. The Kier molecular flexibility index (Phi) is 4.76. The number of nitrogens with zero attached hydrogens (tertiary/aromatic N) is 1. The Morgan fingerprint density at radius 1 is 1.50 bits per heavy atom. The van der Waals surface area contributed by atoms with Gasteiger partial charge in [0.15, 0.2) is 0 Å². The second-order valence-electron chi connectivity index (χ2n) is 5.41. The van der Waals surface area contributed by atoms with E-state index in [9.17, 15) is 9.59 Å². The number of hydrogen-bond donors (Lipinski definition) is 1. The largest absolute Gasteiger partial charge is 0.444 e. The Balaban J connectivity index is 2.41. The van der Waals surface area contributed by atoms with Gasteiger partial charge in [-0.15, -0.1) is 0 Å². The maximum absolute atomic E-state index is 11.6. The molecule has 0 aromatic carbocycles. The second kappa shape index (κ2) is 5.89. The molecular formula is C13H22N2O3. The molecule has 0 aliphatic carbocycles. The fourth-order valence-electron chi connectivity index (χ4n) is 1.97. The van der Waals surface area contributed by atoms with Crippen LogP contribution in [0.15, 0.2) is 12.7 Å². The molecule has 0 bridgehead atoms. The van der Waals surface area contributed by atoms with Crippen LogP contribution in [-0.2, 0) is 9.53 Å². The van der Waals surface area contributed by atoms with Crippen molar-refractivity contribution >= 4 is 12.0 Å². The van der Waals surface area contributed by atoms with Gasteiger partial charge in [-0.2, -0.15) is 0 Å². The van der Waals surface area contributed by atoms with Crippen molar-refractivity contribution in [3.05, 3.63) is 12.7 Å². The summed E-state index contributed by atoms with van der Waals surface area (Å²) in [5.41, 5.74) is -0.504. The van der Waals surface area contributed by atoms with E-state index in [1.165, 1.54) is 6.08 Å². The number of carbonyl (C=O) groups is 2. The third-order valence-electron chi connectivity index (χ3n) is 2.72. The van der Waals surface area contributed by atoms with E-state index < -0.39 is 11.7 Å². The fourth-order valence-corrected chi connectivity index (χ4v) is 1.97. The van der Waals surface area contributed by atoms with Gasteiger partial charge in [0, 0.05) is 19.1 Å². The summed E-state index contributed by atoms with van der Waals surface area (Å²) in [6.45, 7) is 10.1. The molecule has 1 N–H and O–H groups in total. The number of alkyl carbamates (subject to hydrolysis) is 1. The number of amides is 2. The van der Waals surface area contributed by atoms with Crippen LogP contribution in [0.2, 0.25) is 0 Å². The van der Waals surface area contributed by atoms with E-state index in [0.717, 1.165) is 19.4 Å². The lowest BCUT2D eigenvalue weighted by Crippen LogP contribution is -2.43. The number of ether oxygens (including phenoxy) is 1. The lowest BCUT2D eigenvalue weighted by atomic mass is 10.2. The summed E-state index contributed by atoms with van der Waals surface area (Å²) in [4.78, 5) is 24.8. The van der Waals surface area contributed by atoms with Crippen LogP contribution in [0, 0.1) is 0 Å². The van der Waals surface area contributed by atoms with Gasteiger partial charge in [0.05, 0.1) is 0 Å². The maximum atomic E-state index is 11.6. The van der Waals surface area contributed by atoms with Crippen LogP contribution in [0.5, 0.6) is 0 Å². The van der Waals surface area contributed by atoms with Gasteiger partial charge in [-0.05, 0) is 39.7 Å². The summed E-state index contributed by atoms with van der Waals surface area (Å²) in [7, 11) is 0. The van der Waals surface area contributed by atoms with Gasteiger partial charge in [-0.3, -0.25) is 4.79 Å². The van der Waals surface area contributed by atoms with Gasteiger partial charge in [-0.1, -0.05) is 6.58 Å². The number of nitrogens with one attached hydrogen (secondary N) is 1. The normalized spacial score (nSPS) is 19.5. The molecule has 1 heterocycles. The molecule has 0 saturated carbocycles. The second-order valence-corrected chi connectivity index (χ2v) is 5.41. The van der Waals surface area contributed by atoms with E-state index in [-0.39, 0.29) is 11.9 Å². The Hall–Kier alpha value is -1.52. The number of likely N-dealkylation sites (tertiary alicyclic amines) is 1. The highest BCUT2D eigenvalue weighted by molar-refractivity contribution is 5.87. The molecule has 0 radical (unpaired) electrons. The van der Waals surface area contributed by atoms with Crippen LogP contribution >= 0.6 is 0 Å². The Bertz CT molecular complexity index is 334. The Morgan fingerprint density at radius 3 is 2.72 bits per heavy atom. The van der Waals surface area contributed by atoms with Crippen molar-refractivity contribution < 1.29 is 14.3 Å². The van der Waals surface area contributed by atoms with Gasteiger partial charge < -0.3 is 15.0 Å². The van der Waals surface area contributed by atoms with Crippen molar-refractivity contribution in [1.82, 2.24) is 10.2 Å². The standard InChI is InChI=1S/C13H22N2O3/c1-5-11(16)15-8-6-7-10(15)9-14-12(17)18-13(2,3)4/h5,10H,1,6-9H2,2-4H3,(H,14,17)/t10-/m1/s1. The van der Waals surface area contributed by atoms with Gasteiger partial charge in [0.2, 0.25) is 5.91 Å². The molecule has 5 nitrogen and oxygen atoms in total. The monoisotopic (exact) mass is 254 g/mol. The fraction of sp³-hybridized carbons (Fsp3) is 0.692. The molecule has 0 aromatic heterocycles. The smallest absolute Gasteiger partial charge is 0.407 e. The van der Waals surface area contributed by atoms with E-state index in [1.54, 1.807) is 4.90 Å². The summed E-state index contributed by atoms with van der Waals surface area (Å²) in [5, 5.41) is 2.70. The SMILES string of the molecule is C=CC(=O)N1CCC[C@@H]1CNC(=O)OC(C)(C)C. The highest BCUT2D eigenvalue weighted by Gasteiger charge is 2.28. The molecule has 1 rings (SSSR count). The first kappa shape index (κ1) is 14.5. The van der Waals surface area contributed by atoms with Gasteiger partial charge >= 0.3 is 6.09 Å². The molecule has 5 heteroatoms. The molecule has 1 atom stereocenters. The third-order valence-corrected chi connectivity index (χ3v) is 2.72. The summed E-state index contributed by atoms with van der Waals surface area (Å²) in [6, 6.07) is 0.0445. The van der Waals surface area contributed by atoms with Crippen molar-refractivity contribution in [2.24, 2.45) is 0 Å². The third kappa shape index (κ3) is 4.39. The summed E-state index contributed by atoms with van der Waals surface area (Å²) in [6.07, 6.45) is 2.72. The Morgan fingerprint density at radius 2 is 2.17 bits per heavy atom. The van der Waals surface area contributed by atoms with Gasteiger partial charge in [0.1, 0.15) is 5.60 Å². The molecule has 102 valence electrons. The summed E-state index contributed by atoms with van der Waals surface area (Å²) < 4.78 is 5.15. The minimum atomic E-state index is -0.504. The topological polar surface area (TPSA) is 58.6 Å². The molecule has 0 spiro atoms. The molecule has 1 aliphatic rings. The van der Waals surface area contributed by atoms with Gasteiger partial charge in [0.25, 0.3) is 0 Å². The van der Waals surface area contributed by atoms with Crippen LogP contribution in [0.3, 0.4) is 0 Å². The van der Waals surface area contributed by atoms with Crippen molar-refractivity contribution in [3.63, 3.8) is 0 Å². The van der Waals surface area contributed by atoms with Crippen molar-refractivity contribution in [2.75, 3.05) is 13.1 Å². The maximum Gasteiger partial charge on any atom is 0.407 e. The zero-order valence-corrected chi connectivity index (χ0v) is 11.4.